The first-order chi connectivity index (χ1) is 11.3. The van der Waals surface area contributed by atoms with E-state index in [1.807, 2.05) is 0 Å². The second-order valence-electron chi connectivity index (χ2n) is 5.46. The molecule has 0 saturated carbocycles. The van der Waals surface area contributed by atoms with Gasteiger partial charge in [-0.15, -0.1) is 0 Å². The summed E-state index contributed by atoms with van der Waals surface area (Å²) in [6, 6.07) is 9.36. The number of aromatic nitrogens is 2. The third-order valence-corrected chi connectivity index (χ3v) is 3.96. The third-order valence-electron chi connectivity index (χ3n) is 3.96. The van der Waals surface area contributed by atoms with Gasteiger partial charge in [-0.25, -0.2) is 4.98 Å². The van der Waals surface area contributed by atoms with Crippen LogP contribution in [0.1, 0.15) is 28.8 Å². The molecule has 3 rings (SSSR count). The Morgan fingerprint density at radius 3 is 2.74 bits per heavy atom. The molecule has 0 aliphatic carbocycles. The first-order valence-corrected chi connectivity index (χ1v) is 7.59. The van der Waals surface area contributed by atoms with Crippen molar-refractivity contribution in [2.45, 2.75) is 18.9 Å². The van der Waals surface area contributed by atoms with Gasteiger partial charge in [0.1, 0.15) is 11.9 Å². The molecule has 0 radical (unpaired) electrons. The predicted molar refractivity (Wildman–Crippen MR) is 85.9 cm³/mol. The molecule has 3 heterocycles. The molecule has 1 amide bonds. The summed E-state index contributed by atoms with van der Waals surface area (Å²) in [7, 11) is 0. The van der Waals surface area contributed by atoms with Crippen molar-refractivity contribution in [3.05, 3.63) is 54.0 Å². The number of nitriles is 1. The van der Waals surface area contributed by atoms with Crippen LogP contribution in [0, 0.1) is 11.3 Å². The predicted octanol–water partition coefficient (Wildman–Crippen LogP) is 1.75. The van der Waals surface area contributed by atoms with Crippen molar-refractivity contribution in [1.29, 1.82) is 5.26 Å². The Hall–Kier alpha value is -2.94. The number of carbonyl (C=O) groups excluding carboxylic acids is 1. The molecule has 0 aromatic carbocycles. The summed E-state index contributed by atoms with van der Waals surface area (Å²) >= 11 is 0. The second-order valence-corrected chi connectivity index (χ2v) is 5.46. The maximum absolute atomic E-state index is 12.1. The maximum atomic E-state index is 12.1. The largest absolute Gasteiger partial charge is 0.355 e. The van der Waals surface area contributed by atoms with E-state index in [-0.39, 0.29) is 11.9 Å². The van der Waals surface area contributed by atoms with Crippen molar-refractivity contribution in [3.63, 3.8) is 0 Å². The summed E-state index contributed by atoms with van der Waals surface area (Å²) in [5.74, 6) is 0.638. The Balaban J connectivity index is 1.59. The van der Waals surface area contributed by atoms with E-state index in [0.29, 0.717) is 11.1 Å². The van der Waals surface area contributed by atoms with Crippen LogP contribution in [0.5, 0.6) is 0 Å². The molecule has 2 aromatic heterocycles. The van der Waals surface area contributed by atoms with Crippen LogP contribution in [0.4, 0.5) is 5.82 Å². The van der Waals surface area contributed by atoms with Gasteiger partial charge < -0.3 is 10.2 Å². The minimum absolute atomic E-state index is 0.0906. The zero-order valence-electron chi connectivity index (χ0n) is 12.6. The van der Waals surface area contributed by atoms with E-state index in [9.17, 15) is 4.79 Å². The van der Waals surface area contributed by atoms with E-state index in [4.69, 9.17) is 5.26 Å². The number of piperidine rings is 1. The summed E-state index contributed by atoms with van der Waals surface area (Å²) in [6.07, 6.45) is 6.57. The molecule has 0 unspecified atom stereocenters. The Morgan fingerprint density at radius 1 is 1.26 bits per heavy atom. The molecule has 1 aliphatic heterocycles. The molecule has 2 aromatic rings. The summed E-state index contributed by atoms with van der Waals surface area (Å²) in [6.45, 7) is 1.54. The Kier molecular flexibility index (Phi) is 4.48. The third kappa shape index (κ3) is 3.46. The van der Waals surface area contributed by atoms with Crippen LogP contribution in [0.3, 0.4) is 0 Å². The number of amides is 1. The van der Waals surface area contributed by atoms with Crippen molar-refractivity contribution in [1.82, 2.24) is 15.3 Å². The van der Waals surface area contributed by atoms with Gasteiger partial charge in [-0.3, -0.25) is 9.78 Å². The minimum atomic E-state index is -0.0906. The zero-order valence-corrected chi connectivity index (χ0v) is 12.6. The molecule has 1 saturated heterocycles. The average Bonchev–Trinajstić information content (AvgIpc) is 2.63. The fourth-order valence-electron chi connectivity index (χ4n) is 2.74. The first kappa shape index (κ1) is 15.0. The lowest BCUT2D eigenvalue weighted by molar-refractivity contribution is 0.0930. The van der Waals surface area contributed by atoms with Crippen LogP contribution < -0.4 is 10.2 Å². The van der Waals surface area contributed by atoms with E-state index < -0.39 is 0 Å². The van der Waals surface area contributed by atoms with Crippen molar-refractivity contribution >= 4 is 11.7 Å². The molecule has 1 N–H and O–H groups in total. The Bertz CT molecular complexity index is 717. The second kappa shape index (κ2) is 6.88. The van der Waals surface area contributed by atoms with Crippen LogP contribution in [-0.2, 0) is 0 Å². The highest BCUT2D eigenvalue weighted by molar-refractivity contribution is 5.94. The van der Waals surface area contributed by atoms with Crippen molar-refractivity contribution in [2.75, 3.05) is 18.0 Å². The molecule has 23 heavy (non-hydrogen) atoms. The first-order valence-electron chi connectivity index (χ1n) is 7.59. The number of nitrogens with zero attached hydrogens (tertiary/aromatic N) is 4. The monoisotopic (exact) mass is 307 g/mol. The van der Waals surface area contributed by atoms with Gasteiger partial charge >= 0.3 is 0 Å². The lowest BCUT2D eigenvalue weighted by Gasteiger charge is -2.33. The fourth-order valence-corrected chi connectivity index (χ4v) is 2.74. The lowest BCUT2D eigenvalue weighted by atomic mass is 10.0. The van der Waals surface area contributed by atoms with Gasteiger partial charge in [0, 0.05) is 37.7 Å². The zero-order chi connectivity index (χ0) is 16.1. The van der Waals surface area contributed by atoms with Crippen LogP contribution in [-0.4, -0.2) is 35.0 Å². The Morgan fingerprint density at radius 2 is 2.04 bits per heavy atom. The van der Waals surface area contributed by atoms with Crippen LogP contribution in [0.2, 0.25) is 0 Å². The topological polar surface area (TPSA) is 81.9 Å². The number of hydrogen-bond donors (Lipinski definition) is 1. The highest BCUT2D eigenvalue weighted by atomic mass is 16.1. The summed E-state index contributed by atoms with van der Waals surface area (Å²) in [4.78, 5) is 22.5. The normalized spacial score (nSPS) is 15.0. The number of nitrogens with one attached hydrogen (secondary N) is 1. The Labute approximate surface area is 134 Å². The number of anilines is 1. The van der Waals surface area contributed by atoms with E-state index in [1.165, 1.54) is 0 Å². The van der Waals surface area contributed by atoms with Crippen LogP contribution in [0.15, 0.2) is 42.9 Å². The fraction of sp³-hybridized carbons (Fsp3) is 0.294. The van der Waals surface area contributed by atoms with E-state index in [2.05, 4.69) is 26.3 Å². The summed E-state index contributed by atoms with van der Waals surface area (Å²) in [5, 5.41) is 12.2. The van der Waals surface area contributed by atoms with Gasteiger partial charge in [0.2, 0.25) is 0 Å². The van der Waals surface area contributed by atoms with Crippen molar-refractivity contribution in [3.8, 4) is 6.07 Å². The molecule has 1 fully saturated rings. The smallest absolute Gasteiger partial charge is 0.253 e. The molecule has 0 atom stereocenters. The SMILES string of the molecule is N#Cc1cccnc1N1CCC(NC(=O)c2cccnc2)CC1. The number of hydrogen-bond acceptors (Lipinski definition) is 5. The van der Waals surface area contributed by atoms with Gasteiger partial charge in [-0.2, -0.15) is 5.26 Å². The van der Waals surface area contributed by atoms with E-state index in [0.717, 1.165) is 31.7 Å². The van der Waals surface area contributed by atoms with Crippen LogP contribution >= 0.6 is 0 Å². The van der Waals surface area contributed by atoms with Crippen molar-refractivity contribution in [2.24, 2.45) is 0 Å². The highest BCUT2D eigenvalue weighted by Gasteiger charge is 2.23. The average molecular weight is 307 g/mol. The molecule has 116 valence electrons. The molecule has 1 aliphatic rings. The van der Waals surface area contributed by atoms with Crippen molar-refractivity contribution < 1.29 is 4.79 Å². The summed E-state index contributed by atoms with van der Waals surface area (Å²) in [5.41, 5.74) is 1.16. The summed E-state index contributed by atoms with van der Waals surface area (Å²) < 4.78 is 0. The molecular formula is C17H17N5O. The molecule has 6 heteroatoms. The number of rotatable bonds is 3. The van der Waals surface area contributed by atoms with Crippen LogP contribution in [0.25, 0.3) is 0 Å². The minimum Gasteiger partial charge on any atom is -0.355 e. The standard InChI is InChI=1S/C17H17N5O/c18-11-13-3-2-8-20-16(13)22-9-5-15(6-10-22)21-17(23)14-4-1-7-19-12-14/h1-4,7-8,12,15H,5-6,9-10H2,(H,21,23). The number of pyridine rings is 2. The quantitative estimate of drug-likeness (QED) is 0.934. The van der Waals surface area contributed by atoms with Gasteiger partial charge in [-0.1, -0.05) is 0 Å². The highest BCUT2D eigenvalue weighted by Crippen LogP contribution is 2.21. The van der Waals surface area contributed by atoms with Gasteiger partial charge in [0.05, 0.1) is 11.1 Å². The number of carbonyl (C=O) groups is 1. The molecule has 0 bridgehead atoms. The van der Waals surface area contributed by atoms with Gasteiger partial charge in [-0.05, 0) is 37.1 Å². The lowest BCUT2D eigenvalue weighted by Crippen LogP contribution is -2.45. The molecular weight excluding hydrogens is 290 g/mol. The maximum Gasteiger partial charge on any atom is 0.253 e. The molecule has 0 spiro atoms. The van der Waals surface area contributed by atoms with E-state index in [1.54, 1.807) is 42.9 Å². The van der Waals surface area contributed by atoms with Gasteiger partial charge in [0.25, 0.3) is 5.91 Å². The van der Waals surface area contributed by atoms with E-state index >= 15 is 0 Å². The van der Waals surface area contributed by atoms with Gasteiger partial charge in [0.15, 0.2) is 0 Å². The molecule has 6 nitrogen and oxygen atoms in total.